The lowest BCUT2D eigenvalue weighted by atomic mass is 9.95. The van der Waals surface area contributed by atoms with Gasteiger partial charge in [0.05, 0.1) is 0 Å². The van der Waals surface area contributed by atoms with Crippen molar-refractivity contribution in [3.8, 4) is 5.75 Å². The van der Waals surface area contributed by atoms with Gasteiger partial charge in [-0.2, -0.15) is 0 Å². The second-order valence-corrected chi connectivity index (χ2v) is 8.16. The van der Waals surface area contributed by atoms with Crippen LogP contribution in [0.5, 0.6) is 5.75 Å². The van der Waals surface area contributed by atoms with E-state index in [4.69, 9.17) is 0 Å². The van der Waals surface area contributed by atoms with Crippen molar-refractivity contribution in [1.82, 2.24) is 0 Å². The van der Waals surface area contributed by atoms with Crippen LogP contribution in [-0.2, 0) is 12.8 Å². The molecular weight excluding hydrogens is 328 g/mol. The van der Waals surface area contributed by atoms with E-state index in [2.05, 4.69) is 38.1 Å². The van der Waals surface area contributed by atoms with E-state index in [-0.39, 0.29) is 0 Å². The molecule has 150 valence electrons. The van der Waals surface area contributed by atoms with Gasteiger partial charge in [-0.3, -0.25) is 0 Å². The summed E-state index contributed by atoms with van der Waals surface area (Å²) in [7, 11) is 0. The first-order chi connectivity index (χ1) is 13.3. The zero-order valence-electron chi connectivity index (χ0n) is 17.7. The Morgan fingerprint density at radius 3 is 1.85 bits per heavy atom. The van der Waals surface area contributed by atoms with Gasteiger partial charge < -0.3 is 5.11 Å². The molecule has 0 aliphatic rings. The third-order valence-electron chi connectivity index (χ3n) is 5.77. The van der Waals surface area contributed by atoms with Crippen LogP contribution >= 0.6 is 0 Å². The summed E-state index contributed by atoms with van der Waals surface area (Å²) in [5.41, 5.74) is 2.83. The van der Waals surface area contributed by atoms with Gasteiger partial charge in [0.2, 0.25) is 0 Å². The van der Waals surface area contributed by atoms with Crippen molar-refractivity contribution < 1.29 is 5.11 Å². The van der Waals surface area contributed by atoms with Crippen molar-refractivity contribution in [2.45, 2.75) is 104 Å². The van der Waals surface area contributed by atoms with E-state index in [1.807, 2.05) is 6.07 Å². The second kappa shape index (κ2) is 12.8. The first-order valence-electron chi connectivity index (χ1n) is 11.5. The maximum Gasteiger partial charge on any atom is 0.123 e. The Labute approximate surface area is 167 Å². The minimum atomic E-state index is 0.419. The highest BCUT2D eigenvalue weighted by atomic mass is 16.3. The standard InChI is InChI=1S/C26H40O/c1-3-5-7-9-11-13-15-22-17-19-24-25(21-22)23(18-20-26(24)27)16-14-12-10-8-6-4-2/h17-21,27H,3-16H2,1-2H3. The van der Waals surface area contributed by atoms with Crippen LogP contribution in [-0.4, -0.2) is 5.11 Å². The summed E-state index contributed by atoms with van der Waals surface area (Å²) in [5, 5.41) is 12.5. The summed E-state index contributed by atoms with van der Waals surface area (Å²) in [4.78, 5) is 0. The van der Waals surface area contributed by atoms with E-state index in [1.165, 1.54) is 93.6 Å². The van der Waals surface area contributed by atoms with Crippen molar-refractivity contribution in [2.75, 3.05) is 0 Å². The van der Waals surface area contributed by atoms with Crippen molar-refractivity contribution >= 4 is 10.8 Å². The van der Waals surface area contributed by atoms with Gasteiger partial charge in [-0.05, 0) is 48.3 Å². The molecule has 0 fully saturated rings. The predicted molar refractivity (Wildman–Crippen MR) is 120 cm³/mol. The molecule has 0 aromatic heterocycles. The summed E-state index contributed by atoms with van der Waals surface area (Å²) in [6.07, 6.45) is 18.3. The highest BCUT2D eigenvalue weighted by molar-refractivity contribution is 5.91. The molecule has 27 heavy (non-hydrogen) atoms. The molecule has 2 aromatic carbocycles. The molecule has 2 rings (SSSR count). The fraction of sp³-hybridized carbons (Fsp3) is 0.615. The Kier molecular flexibility index (Phi) is 10.3. The Morgan fingerprint density at radius 1 is 0.593 bits per heavy atom. The largest absolute Gasteiger partial charge is 0.507 e. The molecular formula is C26H40O. The van der Waals surface area contributed by atoms with Crippen LogP contribution in [0.15, 0.2) is 30.3 Å². The van der Waals surface area contributed by atoms with Gasteiger partial charge >= 0.3 is 0 Å². The smallest absolute Gasteiger partial charge is 0.123 e. The zero-order chi connectivity index (χ0) is 19.3. The molecule has 0 unspecified atom stereocenters. The van der Waals surface area contributed by atoms with Gasteiger partial charge in [-0.15, -0.1) is 0 Å². The molecule has 0 radical (unpaired) electrons. The molecule has 0 atom stereocenters. The molecule has 0 bridgehead atoms. The molecule has 0 aliphatic heterocycles. The molecule has 2 aromatic rings. The minimum Gasteiger partial charge on any atom is -0.507 e. The average molecular weight is 369 g/mol. The van der Waals surface area contributed by atoms with E-state index in [0.29, 0.717) is 5.75 Å². The van der Waals surface area contributed by atoms with Gasteiger partial charge in [0.1, 0.15) is 5.75 Å². The second-order valence-electron chi connectivity index (χ2n) is 8.16. The van der Waals surface area contributed by atoms with E-state index >= 15 is 0 Å². The van der Waals surface area contributed by atoms with Crippen molar-refractivity contribution in [1.29, 1.82) is 0 Å². The van der Waals surface area contributed by atoms with Crippen molar-refractivity contribution in [3.05, 3.63) is 41.5 Å². The minimum absolute atomic E-state index is 0.419. The molecule has 0 saturated carbocycles. The predicted octanol–water partition coefficient (Wildman–Crippen LogP) is 8.35. The van der Waals surface area contributed by atoms with Crippen molar-refractivity contribution in [3.63, 3.8) is 0 Å². The highest BCUT2D eigenvalue weighted by Crippen LogP contribution is 2.30. The molecule has 1 heteroatoms. The normalized spacial score (nSPS) is 11.3. The maximum atomic E-state index is 10.3. The molecule has 0 heterocycles. The van der Waals surface area contributed by atoms with E-state index in [9.17, 15) is 5.11 Å². The van der Waals surface area contributed by atoms with Gasteiger partial charge in [-0.1, -0.05) is 102 Å². The number of phenols is 1. The first-order valence-corrected chi connectivity index (χ1v) is 11.5. The van der Waals surface area contributed by atoms with Gasteiger partial charge in [-0.25, -0.2) is 0 Å². The van der Waals surface area contributed by atoms with Crippen LogP contribution in [0.4, 0.5) is 0 Å². The Bertz CT molecular complexity index is 659. The van der Waals surface area contributed by atoms with Gasteiger partial charge in [0.25, 0.3) is 0 Å². The third-order valence-corrected chi connectivity index (χ3v) is 5.77. The van der Waals surface area contributed by atoms with Crippen LogP contribution in [0.2, 0.25) is 0 Å². The lowest BCUT2D eigenvalue weighted by Gasteiger charge is -2.11. The zero-order valence-corrected chi connectivity index (χ0v) is 17.7. The quantitative estimate of drug-likeness (QED) is 0.332. The first kappa shape index (κ1) is 21.8. The summed E-state index contributed by atoms with van der Waals surface area (Å²) in [6, 6.07) is 10.7. The number of rotatable bonds is 14. The molecule has 0 aliphatic carbocycles. The highest BCUT2D eigenvalue weighted by Gasteiger charge is 2.07. The van der Waals surface area contributed by atoms with Crippen LogP contribution in [0.3, 0.4) is 0 Å². The molecule has 1 nitrogen and oxygen atoms in total. The van der Waals surface area contributed by atoms with Crippen molar-refractivity contribution in [2.24, 2.45) is 0 Å². The van der Waals surface area contributed by atoms with Crippen LogP contribution in [0, 0.1) is 0 Å². The lowest BCUT2D eigenvalue weighted by Crippen LogP contribution is -1.92. The summed E-state index contributed by atoms with van der Waals surface area (Å²) in [6.45, 7) is 4.54. The number of unbranched alkanes of at least 4 members (excludes halogenated alkanes) is 10. The number of aromatic hydroxyl groups is 1. The Morgan fingerprint density at radius 2 is 1.19 bits per heavy atom. The van der Waals surface area contributed by atoms with Crippen LogP contribution in [0.25, 0.3) is 10.8 Å². The number of benzene rings is 2. The number of hydrogen-bond donors (Lipinski definition) is 1. The number of fused-ring (bicyclic) bond motifs is 1. The molecule has 1 N–H and O–H groups in total. The Hall–Kier alpha value is -1.50. The van der Waals surface area contributed by atoms with E-state index in [1.54, 1.807) is 0 Å². The van der Waals surface area contributed by atoms with E-state index < -0.39 is 0 Å². The average Bonchev–Trinajstić information content (AvgIpc) is 2.69. The lowest BCUT2D eigenvalue weighted by molar-refractivity contribution is 0.481. The third kappa shape index (κ3) is 7.56. The molecule has 0 spiro atoms. The summed E-state index contributed by atoms with van der Waals surface area (Å²) in [5.74, 6) is 0.419. The number of hydrogen-bond acceptors (Lipinski definition) is 1. The maximum absolute atomic E-state index is 10.3. The fourth-order valence-corrected chi connectivity index (χ4v) is 4.02. The van der Waals surface area contributed by atoms with Crippen LogP contribution < -0.4 is 0 Å². The monoisotopic (exact) mass is 368 g/mol. The summed E-state index contributed by atoms with van der Waals surface area (Å²) < 4.78 is 0. The molecule has 0 amide bonds. The van der Waals surface area contributed by atoms with Crippen LogP contribution in [0.1, 0.15) is 102 Å². The van der Waals surface area contributed by atoms with E-state index in [0.717, 1.165) is 18.2 Å². The summed E-state index contributed by atoms with van der Waals surface area (Å²) >= 11 is 0. The molecule has 0 saturated heterocycles. The topological polar surface area (TPSA) is 20.2 Å². The van der Waals surface area contributed by atoms with Gasteiger partial charge in [0, 0.05) is 5.39 Å². The number of phenolic OH excluding ortho intramolecular Hbond substituents is 1. The Balaban J connectivity index is 1.93. The van der Waals surface area contributed by atoms with Gasteiger partial charge in [0.15, 0.2) is 0 Å². The fourth-order valence-electron chi connectivity index (χ4n) is 4.02. The number of aryl methyl sites for hydroxylation is 2. The SMILES string of the molecule is CCCCCCCCc1ccc2c(O)ccc(CCCCCCCC)c2c1.